The number of hydrogen-bond donors (Lipinski definition) is 1. The van der Waals surface area contributed by atoms with Crippen LogP contribution in [0.5, 0.6) is 0 Å². The molecule has 2 aromatic carbocycles. The largest absolute Gasteiger partial charge is 0.418 e. The third kappa shape index (κ3) is 3.14. The van der Waals surface area contributed by atoms with Crippen LogP contribution in [0.3, 0.4) is 0 Å². The van der Waals surface area contributed by atoms with Crippen molar-refractivity contribution in [3.8, 4) is 11.5 Å². The first-order chi connectivity index (χ1) is 10.6. The maximum absolute atomic E-state index is 12.9. The van der Waals surface area contributed by atoms with E-state index in [2.05, 4.69) is 15.5 Å². The zero-order valence-electron chi connectivity index (χ0n) is 12.4. The molecule has 3 rings (SSSR count). The molecule has 0 saturated carbocycles. The Morgan fingerprint density at radius 1 is 1.09 bits per heavy atom. The fourth-order valence-corrected chi connectivity index (χ4v) is 2.16. The Kier molecular flexibility index (Phi) is 3.87. The van der Waals surface area contributed by atoms with Gasteiger partial charge in [-0.2, -0.15) is 0 Å². The first kappa shape index (κ1) is 14.3. The van der Waals surface area contributed by atoms with E-state index < -0.39 is 0 Å². The normalized spacial score (nSPS) is 12.1. The first-order valence-electron chi connectivity index (χ1n) is 7.04. The molecule has 1 N–H and O–H groups in total. The number of rotatable bonds is 4. The molecule has 22 heavy (non-hydrogen) atoms. The highest BCUT2D eigenvalue weighted by atomic mass is 19.1. The Hall–Kier alpha value is -2.69. The highest BCUT2D eigenvalue weighted by molar-refractivity contribution is 5.53. The van der Waals surface area contributed by atoms with E-state index >= 15 is 0 Å². The zero-order chi connectivity index (χ0) is 15.5. The molecule has 0 aliphatic carbocycles. The van der Waals surface area contributed by atoms with Crippen LogP contribution in [-0.2, 0) is 0 Å². The summed E-state index contributed by atoms with van der Waals surface area (Å²) in [5, 5.41) is 11.4. The Balaban J connectivity index is 1.76. The molecule has 3 aromatic rings. The van der Waals surface area contributed by atoms with Gasteiger partial charge >= 0.3 is 0 Å². The predicted octanol–water partition coefficient (Wildman–Crippen LogP) is 4.36. The number of halogens is 1. The minimum atomic E-state index is -0.266. The molecule has 1 heterocycles. The molecule has 0 saturated heterocycles. The van der Waals surface area contributed by atoms with Crippen LogP contribution in [0, 0.1) is 12.7 Å². The van der Waals surface area contributed by atoms with Crippen molar-refractivity contribution in [2.45, 2.75) is 19.9 Å². The van der Waals surface area contributed by atoms with Crippen molar-refractivity contribution in [1.82, 2.24) is 10.2 Å². The van der Waals surface area contributed by atoms with E-state index in [1.807, 2.05) is 38.1 Å². The summed E-state index contributed by atoms with van der Waals surface area (Å²) in [6.07, 6.45) is 0. The summed E-state index contributed by atoms with van der Waals surface area (Å²) in [6, 6.07) is 13.9. The summed E-state index contributed by atoms with van der Waals surface area (Å²) in [6.45, 7) is 3.93. The summed E-state index contributed by atoms with van der Waals surface area (Å²) < 4.78 is 18.6. The molecule has 1 unspecified atom stereocenters. The van der Waals surface area contributed by atoms with Crippen molar-refractivity contribution in [2.75, 3.05) is 5.32 Å². The molecule has 0 aliphatic heterocycles. The van der Waals surface area contributed by atoms with Gasteiger partial charge in [-0.3, -0.25) is 0 Å². The number of anilines is 1. The summed E-state index contributed by atoms with van der Waals surface area (Å²) in [5.74, 6) is 0.713. The summed E-state index contributed by atoms with van der Waals surface area (Å²) in [4.78, 5) is 0. The zero-order valence-corrected chi connectivity index (χ0v) is 12.4. The monoisotopic (exact) mass is 297 g/mol. The van der Waals surface area contributed by atoms with Crippen LogP contribution >= 0.6 is 0 Å². The topological polar surface area (TPSA) is 51.0 Å². The minimum Gasteiger partial charge on any atom is -0.418 e. The van der Waals surface area contributed by atoms with Crippen molar-refractivity contribution >= 4 is 5.69 Å². The molecule has 5 heteroatoms. The molecule has 1 atom stereocenters. The smallest absolute Gasteiger partial charge is 0.247 e. The van der Waals surface area contributed by atoms with Gasteiger partial charge in [0, 0.05) is 11.3 Å². The molecule has 4 nitrogen and oxygen atoms in total. The third-order valence-electron chi connectivity index (χ3n) is 3.30. The number of aryl methyl sites for hydroxylation is 1. The second-order valence-corrected chi connectivity index (χ2v) is 5.19. The van der Waals surface area contributed by atoms with E-state index in [1.54, 1.807) is 12.1 Å². The number of aromatic nitrogens is 2. The molecule has 0 spiro atoms. The van der Waals surface area contributed by atoms with Gasteiger partial charge in [0.25, 0.3) is 0 Å². The van der Waals surface area contributed by atoms with Crippen molar-refractivity contribution in [3.63, 3.8) is 0 Å². The van der Waals surface area contributed by atoms with Gasteiger partial charge in [0.2, 0.25) is 11.8 Å². The molecule has 112 valence electrons. The van der Waals surface area contributed by atoms with Crippen molar-refractivity contribution in [3.05, 3.63) is 65.8 Å². The van der Waals surface area contributed by atoms with Crippen LogP contribution in [0.1, 0.15) is 24.4 Å². The first-order valence-corrected chi connectivity index (χ1v) is 7.04. The van der Waals surface area contributed by atoms with Crippen LogP contribution in [-0.4, -0.2) is 10.2 Å². The predicted molar refractivity (Wildman–Crippen MR) is 82.9 cm³/mol. The summed E-state index contributed by atoms with van der Waals surface area (Å²) >= 11 is 0. The van der Waals surface area contributed by atoms with Gasteiger partial charge in [-0.15, -0.1) is 10.2 Å². The second-order valence-electron chi connectivity index (χ2n) is 5.19. The van der Waals surface area contributed by atoms with Gasteiger partial charge in [-0.25, -0.2) is 4.39 Å². The Bertz CT molecular complexity index is 768. The quantitative estimate of drug-likeness (QED) is 0.777. The maximum Gasteiger partial charge on any atom is 0.247 e. The lowest BCUT2D eigenvalue weighted by Gasteiger charge is -2.11. The molecule has 0 bridgehead atoms. The van der Waals surface area contributed by atoms with Gasteiger partial charge in [0.15, 0.2) is 0 Å². The van der Waals surface area contributed by atoms with Gasteiger partial charge in [-0.1, -0.05) is 17.7 Å². The number of hydrogen-bond acceptors (Lipinski definition) is 4. The number of benzene rings is 2. The molecule has 1 aromatic heterocycles. The van der Waals surface area contributed by atoms with E-state index in [1.165, 1.54) is 12.1 Å². The lowest BCUT2D eigenvalue weighted by molar-refractivity contribution is 0.485. The number of nitrogens with zero attached hydrogens (tertiary/aromatic N) is 2. The molecule has 0 fully saturated rings. The average molecular weight is 297 g/mol. The minimum absolute atomic E-state index is 0.170. The van der Waals surface area contributed by atoms with Crippen molar-refractivity contribution in [1.29, 1.82) is 0 Å². The average Bonchev–Trinajstić information content (AvgIpc) is 3.00. The van der Waals surface area contributed by atoms with E-state index in [-0.39, 0.29) is 11.9 Å². The van der Waals surface area contributed by atoms with Crippen molar-refractivity contribution in [2.24, 2.45) is 0 Å². The van der Waals surface area contributed by atoms with Crippen molar-refractivity contribution < 1.29 is 8.81 Å². The third-order valence-corrected chi connectivity index (χ3v) is 3.30. The van der Waals surface area contributed by atoms with Gasteiger partial charge in [0.1, 0.15) is 11.9 Å². The summed E-state index contributed by atoms with van der Waals surface area (Å²) in [7, 11) is 0. The van der Waals surface area contributed by atoms with E-state index in [0.717, 1.165) is 16.8 Å². The Morgan fingerprint density at radius 2 is 1.86 bits per heavy atom. The van der Waals surface area contributed by atoms with E-state index in [9.17, 15) is 4.39 Å². The Morgan fingerprint density at radius 3 is 2.59 bits per heavy atom. The second kappa shape index (κ2) is 5.97. The Labute approximate surface area is 128 Å². The van der Waals surface area contributed by atoms with Crippen LogP contribution in [0.2, 0.25) is 0 Å². The number of nitrogens with one attached hydrogen (secondary N) is 1. The fraction of sp³-hybridized carbons (Fsp3) is 0.176. The van der Waals surface area contributed by atoms with Gasteiger partial charge in [-0.05, 0) is 50.2 Å². The van der Waals surface area contributed by atoms with E-state index in [0.29, 0.717) is 11.8 Å². The van der Waals surface area contributed by atoms with E-state index in [4.69, 9.17) is 4.42 Å². The maximum atomic E-state index is 12.9. The van der Waals surface area contributed by atoms with Gasteiger partial charge in [0.05, 0.1) is 0 Å². The molecular formula is C17H16FN3O. The van der Waals surface area contributed by atoms with Crippen LogP contribution in [0.25, 0.3) is 11.5 Å². The molecule has 0 aliphatic rings. The lowest BCUT2D eigenvalue weighted by Crippen LogP contribution is -2.06. The van der Waals surface area contributed by atoms with Crippen LogP contribution in [0.4, 0.5) is 10.1 Å². The van der Waals surface area contributed by atoms with Gasteiger partial charge < -0.3 is 9.73 Å². The highest BCUT2D eigenvalue weighted by Gasteiger charge is 2.15. The molecule has 0 amide bonds. The summed E-state index contributed by atoms with van der Waals surface area (Å²) in [5.41, 5.74) is 2.83. The molecule has 0 radical (unpaired) electrons. The highest BCUT2D eigenvalue weighted by Crippen LogP contribution is 2.23. The standard InChI is InChI=1S/C17H16FN3O/c1-11-4-3-5-13(10-11)17-21-20-16(22-17)12(2)19-15-8-6-14(18)7-9-15/h3-10,12,19H,1-2H3. The fourth-order valence-electron chi connectivity index (χ4n) is 2.16. The van der Waals surface area contributed by atoms with Crippen LogP contribution < -0.4 is 5.32 Å². The molecular weight excluding hydrogens is 281 g/mol. The SMILES string of the molecule is Cc1cccc(-c2nnc(C(C)Nc3ccc(F)cc3)o2)c1. The van der Waals surface area contributed by atoms with Crippen LogP contribution in [0.15, 0.2) is 52.9 Å². The lowest BCUT2D eigenvalue weighted by atomic mass is 10.1.